The second-order valence-electron chi connectivity index (χ2n) is 4.41. The Morgan fingerprint density at radius 1 is 1.00 bits per heavy atom. The lowest BCUT2D eigenvalue weighted by Gasteiger charge is -2.18. The van der Waals surface area contributed by atoms with Crippen LogP contribution in [0.4, 0.5) is 0 Å². The molecule has 0 radical (unpaired) electrons. The molecular formula is C8H22O8P2. The van der Waals surface area contributed by atoms with E-state index in [1.165, 1.54) is 5.57 Å². The van der Waals surface area contributed by atoms with Crippen molar-refractivity contribution in [3.63, 3.8) is 0 Å². The molecule has 10 heteroatoms. The first-order valence-electron chi connectivity index (χ1n) is 4.61. The first kappa shape index (κ1) is 23.1. The Morgan fingerprint density at radius 3 is 1.17 bits per heavy atom. The van der Waals surface area contributed by atoms with Crippen LogP contribution in [0, 0.1) is 0 Å². The molecule has 0 aliphatic heterocycles. The van der Waals surface area contributed by atoms with Crippen LogP contribution in [0.15, 0.2) is 12.2 Å². The third-order valence-corrected chi connectivity index (χ3v) is 1.18. The quantitative estimate of drug-likeness (QED) is 0.362. The molecule has 0 fully saturated rings. The lowest BCUT2D eigenvalue weighted by atomic mass is 10.2. The average molecular weight is 308 g/mol. The normalized spacial score (nSPS) is 11.7. The standard InChI is InChI=1S/C4H11O4P.C4H8.H3O4P/c1-4(2,3)8-9(5,6)7;1-4(2)3;1-5(2,3)4/h1-3H3,(H2,5,6,7);1H2,2-3H3;(H3,1,2,3,4). The van der Waals surface area contributed by atoms with E-state index in [-0.39, 0.29) is 0 Å². The largest absolute Gasteiger partial charge is 0.470 e. The van der Waals surface area contributed by atoms with Crippen molar-refractivity contribution in [2.45, 2.75) is 40.2 Å². The molecule has 112 valence electrons. The molecule has 0 aromatic carbocycles. The summed E-state index contributed by atoms with van der Waals surface area (Å²) in [4.78, 5) is 38.0. The summed E-state index contributed by atoms with van der Waals surface area (Å²) in [6.07, 6.45) is 0. The van der Waals surface area contributed by atoms with Gasteiger partial charge in [0, 0.05) is 0 Å². The summed E-state index contributed by atoms with van der Waals surface area (Å²) in [6, 6.07) is 0. The van der Waals surface area contributed by atoms with E-state index >= 15 is 0 Å². The molecule has 0 aliphatic carbocycles. The monoisotopic (exact) mass is 308 g/mol. The average Bonchev–Trinajstić information content (AvgIpc) is 1.67. The molecule has 0 spiro atoms. The van der Waals surface area contributed by atoms with Gasteiger partial charge in [-0.05, 0) is 34.6 Å². The molecule has 0 saturated heterocycles. The second kappa shape index (κ2) is 8.96. The summed E-state index contributed by atoms with van der Waals surface area (Å²) in [5.41, 5.74) is 0.388. The van der Waals surface area contributed by atoms with Crippen molar-refractivity contribution in [2.24, 2.45) is 0 Å². The van der Waals surface area contributed by atoms with Crippen molar-refractivity contribution in [1.29, 1.82) is 0 Å². The van der Waals surface area contributed by atoms with Gasteiger partial charge in [0.05, 0.1) is 5.60 Å². The Morgan fingerprint density at radius 2 is 1.17 bits per heavy atom. The molecular weight excluding hydrogens is 286 g/mol. The minimum Gasteiger partial charge on any atom is -0.303 e. The zero-order valence-corrected chi connectivity index (χ0v) is 12.9. The van der Waals surface area contributed by atoms with Crippen LogP contribution in [0.25, 0.3) is 0 Å². The molecule has 0 heterocycles. The summed E-state index contributed by atoms with van der Waals surface area (Å²) in [5, 5.41) is 0. The van der Waals surface area contributed by atoms with Gasteiger partial charge in [0.25, 0.3) is 0 Å². The highest BCUT2D eigenvalue weighted by atomic mass is 31.2. The first-order valence-corrected chi connectivity index (χ1v) is 7.70. The summed E-state index contributed by atoms with van der Waals surface area (Å²) >= 11 is 0. The van der Waals surface area contributed by atoms with E-state index in [0.29, 0.717) is 0 Å². The molecule has 0 aromatic rings. The van der Waals surface area contributed by atoms with E-state index in [9.17, 15) is 4.57 Å². The van der Waals surface area contributed by atoms with Crippen LogP contribution in [0.5, 0.6) is 0 Å². The number of hydrogen-bond acceptors (Lipinski definition) is 3. The maximum Gasteiger partial charge on any atom is 0.470 e. The van der Waals surface area contributed by atoms with Gasteiger partial charge in [-0.25, -0.2) is 9.13 Å². The predicted octanol–water partition coefficient (Wildman–Crippen LogP) is 1.55. The van der Waals surface area contributed by atoms with Crippen LogP contribution in [-0.2, 0) is 13.7 Å². The van der Waals surface area contributed by atoms with E-state index in [1.807, 2.05) is 13.8 Å². The fourth-order valence-corrected chi connectivity index (χ4v) is 1.07. The second-order valence-corrected chi connectivity index (χ2v) is 6.60. The number of phosphoric acid groups is 2. The zero-order valence-electron chi connectivity index (χ0n) is 11.1. The lowest BCUT2D eigenvalue weighted by molar-refractivity contribution is 0.0810. The van der Waals surface area contributed by atoms with Crippen LogP contribution >= 0.6 is 15.6 Å². The Kier molecular flexibility index (Phi) is 11.5. The third kappa shape index (κ3) is 101. The highest BCUT2D eigenvalue weighted by molar-refractivity contribution is 7.46. The Bertz CT molecular complexity index is 308. The molecule has 5 N–H and O–H groups in total. The maximum absolute atomic E-state index is 10.1. The number of allylic oxidation sites excluding steroid dienone is 1. The highest BCUT2D eigenvalue weighted by Crippen LogP contribution is 2.40. The summed E-state index contributed by atoms with van der Waals surface area (Å²) in [6.45, 7) is 12.2. The Balaban J connectivity index is -0.000000212. The Labute approximate surface area is 107 Å². The topological polar surface area (TPSA) is 145 Å². The molecule has 18 heavy (non-hydrogen) atoms. The SMILES string of the molecule is C=C(C)C.CC(C)(C)OP(=O)(O)O.O=P(O)(O)O. The van der Waals surface area contributed by atoms with Crippen LogP contribution in [0.3, 0.4) is 0 Å². The minimum absolute atomic E-state index is 0.779. The summed E-state index contributed by atoms with van der Waals surface area (Å²) in [7, 11) is -8.93. The van der Waals surface area contributed by atoms with Crippen LogP contribution in [0.1, 0.15) is 34.6 Å². The van der Waals surface area contributed by atoms with E-state index in [0.717, 1.165) is 0 Å². The number of phosphoric ester groups is 1. The van der Waals surface area contributed by atoms with Crippen LogP contribution in [-0.4, -0.2) is 30.1 Å². The van der Waals surface area contributed by atoms with Crippen molar-refractivity contribution >= 4 is 15.6 Å². The molecule has 0 unspecified atom stereocenters. The van der Waals surface area contributed by atoms with E-state index in [4.69, 9.17) is 29.0 Å². The number of rotatable bonds is 1. The van der Waals surface area contributed by atoms with Gasteiger partial charge in [-0.2, -0.15) is 0 Å². The fraction of sp³-hybridized carbons (Fsp3) is 0.750. The molecule has 8 nitrogen and oxygen atoms in total. The van der Waals surface area contributed by atoms with Gasteiger partial charge in [0.1, 0.15) is 0 Å². The number of hydrogen-bond donors (Lipinski definition) is 5. The van der Waals surface area contributed by atoms with Crippen molar-refractivity contribution in [3.05, 3.63) is 12.2 Å². The van der Waals surface area contributed by atoms with Gasteiger partial charge in [0.15, 0.2) is 0 Å². The van der Waals surface area contributed by atoms with Gasteiger partial charge >= 0.3 is 15.6 Å². The minimum atomic E-state index is -4.64. The molecule has 0 aromatic heterocycles. The smallest absolute Gasteiger partial charge is 0.303 e. The van der Waals surface area contributed by atoms with Gasteiger partial charge in [-0.3, -0.25) is 4.52 Å². The van der Waals surface area contributed by atoms with Crippen LogP contribution in [0.2, 0.25) is 0 Å². The van der Waals surface area contributed by atoms with E-state index in [2.05, 4.69) is 11.1 Å². The summed E-state index contributed by atoms with van der Waals surface area (Å²) < 4.78 is 23.3. The maximum atomic E-state index is 10.1. The molecule has 0 aliphatic rings. The molecule has 0 bridgehead atoms. The van der Waals surface area contributed by atoms with Gasteiger partial charge in [0.2, 0.25) is 0 Å². The van der Waals surface area contributed by atoms with Gasteiger partial charge in [-0.15, -0.1) is 6.58 Å². The van der Waals surface area contributed by atoms with Crippen molar-refractivity contribution in [3.8, 4) is 0 Å². The molecule has 0 rings (SSSR count). The van der Waals surface area contributed by atoms with Crippen molar-refractivity contribution in [1.82, 2.24) is 0 Å². The van der Waals surface area contributed by atoms with Gasteiger partial charge < -0.3 is 24.5 Å². The predicted molar refractivity (Wildman–Crippen MR) is 67.6 cm³/mol. The molecule has 0 atom stereocenters. The Hall–Kier alpha value is -0.0400. The van der Waals surface area contributed by atoms with E-state index in [1.54, 1.807) is 20.8 Å². The highest BCUT2D eigenvalue weighted by Gasteiger charge is 2.23. The zero-order chi connectivity index (χ0) is 15.8. The summed E-state index contributed by atoms with van der Waals surface area (Å²) in [5.74, 6) is 0. The van der Waals surface area contributed by atoms with Crippen molar-refractivity contribution in [2.75, 3.05) is 0 Å². The third-order valence-electron chi connectivity index (χ3n) is 0.393. The lowest BCUT2D eigenvalue weighted by Crippen LogP contribution is -2.16. The fourth-order valence-electron chi connectivity index (χ4n) is 0.357. The van der Waals surface area contributed by atoms with Crippen LogP contribution < -0.4 is 0 Å². The molecule has 0 saturated carbocycles. The molecule has 0 amide bonds. The van der Waals surface area contributed by atoms with E-state index < -0.39 is 21.2 Å². The van der Waals surface area contributed by atoms with Gasteiger partial charge in [-0.1, -0.05) is 5.57 Å². The first-order chi connectivity index (χ1) is 7.44. The van der Waals surface area contributed by atoms with Crippen molar-refractivity contribution < 1.29 is 38.1 Å².